The predicted molar refractivity (Wildman–Crippen MR) is 69.7 cm³/mol. The normalized spacial score (nSPS) is 27.9. The molecule has 0 saturated heterocycles. The summed E-state index contributed by atoms with van der Waals surface area (Å²) in [5.74, 6) is -0.0298. The molecule has 1 aliphatic heterocycles. The Morgan fingerprint density at radius 1 is 1.74 bits per heavy atom. The minimum atomic E-state index is -2.46. The minimum Gasteiger partial charge on any atom is -0.769 e. The van der Waals surface area contributed by atoms with Gasteiger partial charge in [0.2, 0.25) is 0 Å². The molecule has 2 heterocycles. The molecule has 0 radical (unpaired) electrons. The maximum atomic E-state index is 12.0. The molecule has 1 aromatic heterocycles. The third kappa shape index (κ3) is 2.48. The van der Waals surface area contributed by atoms with Gasteiger partial charge in [0, 0.05) is 11.3 Å². The maximum Gasteiger partial charge on any atom is 0.324 e. The molecule has 6 nitrogen and oxygen atoms in total. The molecule has 0 aliphatic carbocycles. The molecule has 3 unspecified atom stereocenters. The van der Waals surface area contributed by atoms with E-state index in [1.54, 1.807) is 12.1 Å². The molecule has 0 amide bonds. The van der Waals surface area contributed by atoms with Crippen molar-refractivity contribution in [1.29, 1.82) is 0 Å². The molecule has 0 aromatic carbocycles. The quantitative estimate of drug-likeness (QED) is 0.638. The van der Waals surface area contributed by atoms with Crippen molar-refractivity contribution in [2.24, 2.45) is 5.73 Å². The fourth-order valence-electron chi connectivity index (χ4n) is 1.93. The molecule has 104 valence electrons. The maximum absolute atomic E-state index is 12.0. The molecule has 0 saturated carbocycles. The van der Waals surface area contributed by atoms with E-state index < -0.39 is 27.8 Å². The molecule has 2 N–H and O–H groups in total. The van der Waals surface area contributed by atoms with Crippen molar-refractivity contribution in [2.45, 2.75) is 17.2 Å². The fraction of sp³-hybridized carbons (Fsp3) is 0.364. The van der Waals surface area contributed by atoms with Crippen molar-refractivity contribution < 1.29 is 22.7 Å². The van der Waals surface area contributed by atoms with Crippen molar-refractivity contribution in [3.8, 4) is 0 Å². The summed E-state index contributed by atoms with van der Waals surface area (Å²) in [6.45, 7) is 0. The van der Waals surface area contributed by atoms with Crippen LogP contribution in [-0.4, -0.2) is 32.6 Å². The molecule has 8 heteroatoms. The topological polar surface area (TPSA) is 106 Å². The number of thioether (sulfide) groups is 1. The number of methoxy groups -OCH3 is 1. The summed E-state index contributed by atoms with van der Waals surface area (Å²) in [6, 6.07) is 2.42. The molecule has 0 spiro atoms. The van der Waals surface area contributed by atoms with E-state index >= 15 is 0 Å². The molecular weight excluding hydrogens is 290 g/mol. The van der Waals surface area contributed by atoms with Gasteiger partial charge in [-0.05, 0) is 28.6 Å². The van der Waals surface area contributed by atoms with Gasteiger partial charge in [0.25, 0.3) is 0 Å². The first-order valence-corrected chi connectivity index (χ1v) is 7.30. The number of hydrogen-bond acceptors (Lipinski definition) is 7. The zero-order chi connectivity index (χ0) is 14.0. The second kappa shape index (κ2) is 5.49. The molecule has 0 bridgehead atoms. The Morgan fingerprint density at radius 2 is 2.47 bits per heavy atom. The van der Waals surface area contributed by atoms with Crippen LogP contribution >= 0.6 is 11.8 Å². The number of furan rings is 1. The van der Waals surface area contributed by atoms with Crippen LogP contribution in [0.25, 0.3) is 0 Å². The number of hydrogen-bond donors (Lipinski definition) is 1. The summed E-state index contributed by atoms with van der Waals surface area (Å²) >= 11 is -1.41. The van der Waals surface area contributed by atoms with Gasteiger partial charge < -0.3 is 19.4 Å². The largest absolute Gasteiger partial charge is 0.769 e. The van der Waals surface area contributed by atoms with Crippen molar-refractivity contribution in [3.05, 3.63) is 34.5 Å². The van der Waals surface area contributed by atoms with Gasteiger partial charge in [-0.1, -0.05) is 0 Å². The summed E-state index contributed by atoms with van der Waals surface area (Å²) < 4.78 is 30.9. The Morgan fingerprint density at radius 3 is 2.95 bits per heavy atom. The predicted octanol–water partition coefficient (Wildman–Crippen LogP) is 0.529. The number of carbonyl (C=O) groups is 1. The number of nitrogens with two attached hydrogens (primary N) is 1. The average molecular weight is 302 g/mol. The zero-order valence-electron chi connectivity index (χ0n) is 10.0. The Labute approximate surface area is 116 Å². The van der Waals surface area contributed by atoms with Gasteiger partial charge in [-0.3, -0.25) is 9.00 Å². The van der Waals surface area contributed by atoms with E-state index in [1.807, 2.05) is 0 Å². The Kier molecular flexibility index (Phi) is 4.14. The van der Waals surface area contributed by atoms with Crippen LogP contribution in [0.4, 0.5) is 0 Å². The third-order valence-corrected chi connectivity index (χ3v) is 5.20. The highest BCUT2D eigenvalue weighted by Crippen LogP contribution is 2.44. The van der Waals surface area contributed by atoms with Gasteiger partial charge in [-0.15, -0.1) is 11.8 Å². The summed E-state index contributed by atoms with van der Waals surface area (Å²) in [7, 11) is 1.24. The number of rotatable bonds is 4. The summed E-state index contributed by atoms with van der Waals surface area (Å²) in [6.07, 6.45) is 1.64. The van der Waals surface area contributed by atoms with Crippen LogP contribution in [0.3, 0.4) is 0 Å². The molecule has 0 fully saturated rings. The van der Waals surface area contributed by atoms with Crippen molar-refractivity contribution in [1.82, 2.24) is 0 Å². The number of ether oxygens (including phenoxy) is 1. The van der Waals surface area contributed by atoms with Crippen molar-refractivity contribution >= 4 is 28.8 Å². The van der Waals surface area contributed by atoms with Gasteiger partial charge in [0.1, 0.15) is 10.5 Å². The molecule has 3 atom stereocenters. The minimum absolute atomic E-state index is 0.00181. The van der Waals surface area contributed by atoms with Gasteiger partial charge in [-0.2, -0.15) is 0 Å². The highest BCUT2D eigenvalue weighted by molar-refractivity contribution is 8.05. The van der Waals surface area contributed by atoms with Gasteiger partial charge in [-0.25, -0.2) is 0 Å². The monoisotopic (exact) mass is 302 g/mol. The average Bonchev–Trinajstić information content (AvgIpc) is 2.98. The number of esters is 1. The second-order valence-corrected chi connectivity index (χ2v) is 6.13. The van der Waals surface area contributed by atoms with Gasteiger partial charge in [0.05, 0.1) is 19.4 Å². The molecule has 19 heavy (non-hydrogen) atoms. The van der Waals surface area contributed by atoms with E-state index in [9.17, 15) is 13.6 Å². The Hall–Kier alpha value is -1.09. The highest BCUT2D eigenvalue weighted by atomic mass is 32.2. The summed E-state index contributed by atoms with van der Waals surface area (Å²) in [5.41, 5.74) is 5.93. The van der Waals surface area contributed by atoms with E-state index in [1.165, 1.54) is 18.8 Å². The first-order chi connectivity index (χ1) is 9.01. The van der Waals surface area contributed by atoms with E-state index in [-0.39, 0.29) is 11.3 Å². The van der Waals surface area contributed by atoms with E-state index in [0.717, 1.165) is 11.8 Å². The first-order valence-electron chi connectivity index (χ1n) is 5.35. The SMILES string of the molecule is COC(=O)C1(Cc2ccco2)SC=C(S(=O)[O-])C1N. The zero-order valence-corrected chi connectivity index (χ0v) is 11.7. The molecular formula is C11H12NO5S2-. The molecule has 1 aromatic rings. The molecule has 2 rings (SSSR count). The molecule has 1 aliphatic rings. The lowest BCUT2D eigenvalue weighted by Gasteiger charge is -2.30. The van der Waals surface area contributed by atoms with Crippen LogP contribution < -0.4 is 5.73 Å². The van der Waals surface area contributed by atoms with Crippen molar-refractivity contribution in [2.75, 3.05) is 7.11 Å². The lowest BCUT2D eigenvalue weighted by atomic mass is 9.94. The van der Waals surface area contributed by atoms with E-state index in [2.05, 4.69) is 0 Å². The van der Waals surface area contributed by atoms with Crippen LogP contribution in [0.15, 0.2) is 33.1 Å². The van der Waals surface area contributed by atoms with Gasteiger partial charge in [0.15, 0.2) is 0 Å². The second-order valence-electron chi connectivity index (χ2n) is 3.99. The number of carbonyl (C=O) groups excluding carboxylic acids is 1. The van der Waals surface area contributed by atoms with Crippen LogP contribution in [0, 0.1) is 0 Å². The summed E-state index contributed by atoms with van der Waals surface area (Å²) in [4.78, 5) is 12.0. The summed E-state index contributed by atoms with van der Waals surface area (Å²) in [5, 5.41) is 1.38. The Bertz CT molecular complexity index is 527. The first kappa shape index (κ1) is 14.3. The van der Waals surface area contributed by atoms with Gasteiger partial charge >= 0.3 is 5.97 Å². The standard InChI is InChI=1S/C11H13NO5S2/c1-16-10(13)11(5-7-3-2-4-17-7)9(12)8(6-18-11)19(14)15/h2-4,6,9H,5,12H2,1H3,(H,14,15)/p-1. The fourth-order valence-corrected chi connectivity index (χ4v) is 4.02. The van der Waals surface area contributed by atoms with Crippen LogP contribution in [0.2, 0.25) is 0 Å². The van der Waals surface area contributed by atoms with Crippen molar-refractivity contribution in [3.63, 3.8) is 0 Å². The van der Waals surface area contributed by atoms with Crippen LogP contribution in [0.5, 0.6) is 0 Å². The van der Waals surface area contributed by atoms with E-state index in [4.69, 9.17) is 14.9 Å². The third-order valence-electron chi connectivity index (χ3n) is 2.93. The highest BCUT2D eigenvalue weighted by Gasteiger charge is 2.51. The smallest absolute Gasteiger partial charge is 0.324 e. The Balaban J connectivity index is 2.33. The van der Waals surface area contributed by atoms with Crippen LogP contribution in [-0.2, 0) is 27.0 Å². The lowest BCUT2D eigenvalue weighted by molar-refractivity contribution is -0.143. The van der Waals surface area contributed by atoms with E-state index in [0.29, 0.717) is 5.76 Å². The van der Waals surface area contributed by atoms with Crippen LogP contribution in [0.1, 0.15) is 5.76 Å². The lowest BCUT2D eigenvalue weighted by Crippen LogP contribution is -2.52.